The van der Waals surface area contributed by atoms with E-state index in [1.165, 1.54) is 26.0 Å². The molecule has 0 saturated heterocycles. The highest BCUT2D eigenvalue weighted by atomic mass is 16.5. The Kier molecular flexibility index (Phi) is 5.67. The molecule has 0 aliphatic heterocycles. The van der Waals surface area contributed by atoms with Gasteiger partial charge in [-0.15, -0.1) is 6.42 Å². The fourth-order valence-electron chi connectivity index (χ4n) is 2.37. The maximum atomic E-state index is 12.8. The van der Waals surface area contributed by atoms with Crippen molar-refractivity contribution in [3.8, 4) is 35.1 Å². The van der Waals surface area contributed by atoms with Gasteiger partial charge in [-0.1, -0.05) is 11.1 Å². The first kappa shape index (κ1) is 18.4. The smallest absolute Gasteiger partial charge is 0.260 e. The predicted molar refractivity (Wildman–Crippen MR) is 91.5 cm³/mol. The molecule has 1 N–H and O–H groups in total. The highest BCUT2D eigenvalue weighted by molar-refractivity contribution is 6.01. The van der Waals surface area contributed by atoms with Gasteiger partial charge in [0.25, 0.3) is 5.91 Å². The van der Waals surface area contributed by atoms with Crippen LogP contribution in [0, 0.1) is 12.3 Å². The lowest BCUT2D eigenvalue weighted by atomic mass is 10.0. The lowest BCUT2D eigenvalue weighted by molar-refractivity contribution is 0.0800. The van der Waals surface area contributed by atoms with Gasteiger partial charge in [-0.25, -0.2) is 0 Å². The van der Waals surface area contributed by atoms with Crippen molar-refractivity contribution < 1.29 is 23.9 Å². The molecule has 1 aromatic heterocycles. The number of carbonyl (C=O) groups excluding carboxylic acids is 1. The SMILES string of the molecule is C#CCN(C)C(=O)c1c(-c2ccc(OC)c(OC)c2)noc1[C@H](C)O. The molecule has 2 aromatic rings. The number of aliphatic hydroxyl groups is 1. The Bertz CT molecular complexity index is 804. The Morgan fingerprint density at radius 2 is 2.08 bits per heavy atom. The maximum Gasteiger partial charge on any atom is 0.260 e. The van der Waals surface area contributed by atoms with Crippen molar-refractivity contribution in [2.75, 3.05) is 27.8 Å². The Hall–Kier alpha value is -2.98. The number of methoxy groups -OCH3 is 2. The van der Waals surface area contributed by atoms with Crippen LogP contribution in [0.3, 0.4) is 0 Å². The van der Waals surface area contributed by atoms with Gasteiger partial charge in [-0.2, -0.15) is 0 Å². The van der Waals surface area contributed by atoms with Gasteiger partial charge in [-0.05, 0) is 25.1 Å². The summed E-state index contributed by atoms with van der Waals surface area (Å²) in [5, 5.41) is 13.9. The summed E-state index contributed by atoms with van der Waals surface area (Å²) in [6.07, 6.45) is 4.27. The molecule has 0 radical (unpaired) electrons. The molecule has 132 valence electrons. The predicted octanol–water partition coefficient (Wildman–Crippen LogP) is 2.12. The number of hydrogen-bond donors (Lipinski definition) is 1. The topological polar surface area (TPSA) is 85.0 Å². The van der Waals surface area contributed by atoms with Gasteiger partial charge in [0.15, 0.2) is 17.3 Å². The molecule has 1 atom stereocenters. The molecule has 7 heteroatoms. The van der Waals surface area contributed by atoms with Crippen LogP contribution in [0.5, 0.6) is 11.5 Å². The number of benzene rings is 1. The summed E-state index contributed by atoms with van der Waals surface area (Å²) < 4.78 is 15.7. The number of terminal acetylenes is 1. The van der Waals surface area contributed by atoms with Gasteiger partial charge >= 0.3 is 0 Å². The molecule has 0 saturated carbocycles. The van der Waals surface area contributed by atoms with Crippen LogP contribution in [0.25, 0.3) is 11.3 Å². The first-order chi connectivity index (χ1) is 11.9. The molecular formula is C18H20N2O5. The van der Waals surface area contributed by atoms with Crippen LogP contribution in [0.15, 0.2) is 22.7 Å². The van der Waals surface area contributed by atoms with Crippen LogP contribution in [-0.2, 0) is 0 Å². The molecule has 1 amide bonds. The fourth-order valence-corrected chi connectivity index (χ4v) is 2.37. The van der Waals surface area contributed by atoms with Crippen molar-refractivity contribution in [3.05, 3.63) is 29.5 Å². The molecule has 0 bridgehead atoms. The molecule has 1 aromatic carbocycles. The molecule has 25 heavy (non-hydrogen) atoms. The molecule has 0 aliphatic rings. The number of amides is 1. The standard InChI is InChI=1S/C18H20N2O5/c1-6-9-20(3)18(22)15-16(19-25-17(15)11(2)21)12-7-8-13(23-4)14(10-12)24-5/h1,7-8,10-11,21H,9H2,2-5H3/t11-/m0/s1. The minimum absolute atomic E-state index is 0.0821. The van der Waals surface area contributed by atoms with Crippen molar-refractivity contribution in [1.82, 2.24) is 10.1 Å². The lowest BCUT2D eigenvalue weighted by Crippen LogP contribution is -2.28. The van der Waals surface area contributed by atoms with E-state index in [-0.39, 0.29) is 23.8 Å². The van der Waals surface area contributed by atoms with Crippen molar-refractivity contribution in [3.63, 3.8) is 0 Å². The number of carbonyl (C=O) groups is 1. The van der Waals surface area contributed by atoms with E-state index in [1.54, 1.807) is 25.2 Å². The summed E-state index contributed by atoms with van der Waals surface area (Å²) in [5.74, 6) is 3.13. The van der Waals surface area contributed by atoms with Crippen molar-refractivity contribution in [2.24, 2.45) is 0 Å². The largest absolute Gasteiger partial charge is 0.493 e. The van der Waals surface area contributed by atoms with E-state index in [0.29, 0.717) is 22.8 Å². The molecule has 7 nitrogen and oxygen atoms in total. The summed E-state index contributed by atoms with van der Waals surface area (Å²) in [6.45, 7) is 1.62. The third-order valence-electron chi connectivity index (χ3n) is 3.64. The number of ether oxygens (including phenoxy) is 2. The molecule has 0 spiro atoms. The Labute approximate surface area is 146 Å². The average Bonchev–Trinajstić information content (AvgIpc) is 3.05. The summed E-state index contributed by atoms with van der Waals surface area (Å²) in [7, 11) is 4.61. The molecule has 0 fully saturated rings. The van der Waals surface area contributed by atoms with E-state index in [2.05, 4.69) is 11.1 Å². The first-order valence-electron chi connectivity index (χ1n) is 7.53. The minimum Gasteiger partial charge on any atom is -0.493 e. The zero-order valence-electron chi connectivity index (χ0n) is 14.6. The van der Waals surface area contributed by atoms with Crippen LogP contribution in [0.2, 0.25) is 0 Å². The molecule has 0 aliphatic carbocycles. The monoisotopic (exact) mass is 344 g/mol. The Balaban J connectivity index is 2.59. The minimum atomic E-state index is -1.00. The van der Waals surface area contributed by atoms with E-state index in [9.17, 15) is 9.90 Å². The zero-order chi connectivity index (χ0) is 18.6. The number of nitrogens with zero attached hydrogens (tertiary/aromatic N) is 2. The summed E-state index contributed by atoms with van der Waals surface area (Å²) >= 11 is 0. The quantitative estimate of drug-likeness (QED) is 0.808. The summed E-state index contributed by atoms with van der Waals surface area (Å²) in [5.41, 5.74) is 1.05. The summed E-state index contributed by atoms with van der Waals surface area (Å²) in [4.78, 5) is 14.1. The van der Waals surface area contributed by atoms with E-state index in [1.807, 2.05) is 0 Å². The van der Waals surface area contributed by atoms with Gasteiger partial charge in [0.1, 0.15) is 17.4 Å². The van der Waals surface area contributed by atoms with Gasteiger partial charge in [0.2, 0.25) is 0 Å². The second kappa shape index (κ2) is 7.73. The van der Waals surface area contributed by atoms with Crippen LogP contribution in [-0.4, -0.2) is 48.9 Å². The molecular weight excluding hydrogens is 324 g/mol. The van der Waals surface area contributed by atoms with Crippen molar-refractivity contribution >= 4 is 5.91 Å². The fraction of sp³-hybridized carbons (Fsp3) is 0.333. The normalized spacial score (nSPS) is 11.5. The van der Waals surface area contributed by atoms with Crippen LogP contribution < -0.4 is 9.47 Å². The molecule has 1 heterocycles. The molecule has 2 rings (SSSR count). The third kappa shape index (κ3) is 3.59. The van der Waals surface area contributed by atoms with Crippen LogP contribution in [0.4, 0.5) is 0 Å². The summed E-state index contributed by atoms with van der Waals surface area (Å²) in [6, 6.07) is 5.10. The van der Waals surface area contributed by atoms with E-state index in [0.717, 1.165) is 0 Å². The maximum absolute atomic E-state index is 12.8. The number of rotatable bonds is 6. The number of hydrogen-bond acceptors (Lipinski definition) is 6. The second-order valence-electron chi connectivity index (χ2n) is 5.38. The van der Waals surface area contributed by atoms with Gasteiger partial charge in [0.05, 0.1) is 20.8 Å². The lowest BCUT2D eigenvalue weighted by Gasteiger charge is -2.15. The van der Waals surface area contributed by atoms with Crippen molar-refractivity contribution in [2.45, 2.75) is 13.0 Å². The average molecular weight is 344 g/mol. The van der Waals surface area contributed by atoms with E-state index in [4.69, 9.17) is 20.4 Å². The van der Waals surface area contributed by atoms with Crippen molar-refractivity contribution in [1.29, 1.82) is 0 Å². The first-order valence-corrected chi connectivity index (χ1v) is 7.53. The van der Waals surface area contributed by atoms with Gasteiger partial charge < -0.3 is 24.0 Å². The second-order valence-corrected chi connectivity index (χ2v) is 5.38. The zero-order valence-corrected chi connectivity index (χ0v) is 14.6. The van der Waals surface area contributed by atoms with Gasteiger partial charge in [-0.3, -0.25) is 4.79 Å². The van der Waals surface area contributed by atoms with E-state index >= 15 is 0 Å². The van der Waals surface area contributed by atoms with E-state index < -0.39 is 6.10 Å². The van der Waals surface area contributed by atoms with Crippen LogP contribution in [0.1, 0.15) is 29.1 Å². The number of aliphatic hydroxyl groups excluding tert-OH is 1. The highest BCUT2D eigenvalue weighted by Gasteiger charge is 2.29. The third-order valence-corrected chi connectivity index (χ3v) is 3.64. The Morgan fingerprint density at radius 1 is 1.40 bits per heavy atom. The van der Waals surface area contributed by atoms with Crippen LogP contribution >= 0.6 is 0 Å². The Morgan fingerprint density at radius 3 is 2.64 bits per heavy atom. The molecule has 0 unspecified atom stereocenters. The number of aromatic nitrogens is 1. The highest BCUT2D eigenvalue weighted by Crippen LogP contribution is 2.35. The van der Waals surface area contributed by atoms with Gasteiger partial charge in [0, 0.05) is 12.6 Å².